The van der Waals surface area contributed by atoms with E-state index in [4.69, 9.17) is 0 Å². The van der Waals surface area contributed by atoms with Crippen molar-refractivity contribution >= 4 is 10.0 Å². The van der Waals surface area contributed by atoms with E-state index in [0.29, 0.717) is 19.4 Å². The van der Waals surface area contributed by atoms with Gasteiger partial charge in [0.05, 0.1) is 6.04 Å². The molecule has 2 aromatic carbocycles. The lowest BCUT2D eigenvalue weighted by Crippen LogP contribution is -2.31. The molecule has 1 fully saturated rings. The molecule has 0 radical (unpaired) electrons. The van der Waals surface area contributed by atoms with Gasteiger partial charge in [-0.25, -0.2) is 17.2 Å². The molecule has 1 aliphatic rings. The maximum absolute atomic E-state index is 13.9. The van der Waals surface area contributed by atoms with Crippen LogP contribution in [0.5, 0.6) is 0 Å². The fourth-order valence-corrected chi connectivity index (χ4v) is 4.80. The maximum atomic E-state index is 13.9. The highest BCUT2D eigenvalue weighted by atomic mass is 32.2. The standard InChI is InChI=1S/C17H17F2NO2S/c1-12-4-2-5-13(10-12)16-6-3-9-20(16)23(21,22)17-11-14(18)7-8-15(17)19/h2,4-5,7-8,10-11,16H,3,6,9H2,1H3/t16-/m1/s1. The number of rotatable bonds is 3. The molecule has 1 heterocycles. The van der Waals surface area contributed by atoms with Crippen LogP contribution in [0.2, 0.25) is 0 Å². The van der Waals surface area contributed by atoms with Crippen LogP contribution in [0.25, 0.3) is 0 Å². The van der Waals surface area contributed by atoms with Gasteiger partial charge in [-0.2, -0.15) is 4.31 Å². The second kappa shape index (κ2) is 6.02. The fourth-order valence-electron chi connectivity index (χ4n) is 3.04. The number of hydrogen-bond donors (Lipinski definition) is 0. The molecule has 0 saturated carbocycles. The molecular weight excluding hydrogens is 320 g/mol. The molecule has 0 unspecified atom stereocenters. The molecule has 6 heteroatoms. The zero-order valence-corrected chi connectivity index (χ0v) is 13.5. The zero-order valence-electron chi connectivity index (χ0n) is 12.7. The minimum Gasteiger partial charge on any atom is -0.207 e. The van der Waals surface area contributed by atoms with Gasteiger partial charge in [0.25, 0.3) is 0 Å². The summed E-state index contributed by atoms with van der Waals surface area (Å²) in [4.78, 5) is -0.600. The van der Waals surface area contributed by atoms with Gasteiger partial charge in [0.15, 0.2) is 0 Å². The van der Waals surface area contributed by atoms with Gasteiger partial charge in [-0.15, -0.1) is 0 Å². The van der Waals surface area contributed by atoms with Crippen LogP contribution in [0, 0.1) is 18.6 Å². The van der Waals surface area contributed by atoms with E-state index in [1.54, 1.807) is 0 Å². The number of hydrogen-bond acceptors (Lipinski definition) is 2. The van der Waals surface area contributed by atoms with Crippen molar-refractivity contribution in [1.82, 2.24) is 4.31 Å². The van der Waals surface area contributed by atoms with Crippen molar-refractivity contribution in [1.29, 1.82) is 0 Å². The van der Waals surface area contributed by atoms with Crippen molar-refractivity contribution in [3.63, 3.8) is 0 Å². The van der Waals surface area contributed by atoms with Gasteiger partial charge in [0, 0.05) is 6.54 Å². The highest BCUT2D eigenvalue weighted by Crippen LogP contribution is 2.37. The van der Waals surface area contributed by atoms with E-state index < -0.39 is 26.6 Å². The zero-order chi connectivity index (χ0) is 16.6. The molecular formula is C17H17F2NO2S. The van der Waals surface area contributed by atoms with Crippen LogP contribution in [-0.2, 0) is 10.0 Å². The Morgan fingerprint density at radius 2 is 1.91 bits per heavy atom. The van der Waals surface area contributed by atoms with Gasteiger partial charge in [0.2, 0.25) is 10.0 Å². The maximum Gasteiger partial charge on any atom is 0.246 e. The van der Waals surface area contributed by atoms with Crippen LogP contribution < -0.4 is 0 Å². The Hall–Kier alpha value is -1.79. The first-order chi connectivity index (χ1) is 10.9. The molecule has 1 aliphatic heterocycles. The first kappa shape index (κ1) is 16.1. The first-order valence-corrected chi connectivity index (χ1v) is 8.87. The number of sulfonamides is 1. The van der Waals surface area contributed by atoms with Crippen molar-refractivity contribution in [2.45, 2.75) is 30.7 Å². The molecule has 0 bridgehead atoms. The normalized spacial score (nSPS) is 19.2. The third-order valence-electron chi connectivity index (χ3n) is 4.11. The van der Waals surface area contributed by atoms with Crippen molar-refractivity contribution in [2.75, 3.05) is 6.54 Å². The summed E-state index contributed by atoms with van der Waals surface area (Å²) in [6.07, 6.45) is 1.36. The number of aryl methyl sites for hydroxylation is 1. The topological polar surface area (TPSA) is 37.4 Å². The molecule has 0 spiro atoms. The Labute approximate surface area is 134 Å². The van der Waals surface area contributed by atoms with Crippen molar-refractivity contribution in [3.8, 4) is 0 Å². The number of nitrogens with zero attached hydrogens (tertiary/aromatic N) is 1. The van der Waals surface area contributed by atoms with Gasteiger partial charge < -0.3 is 0 Å². The average Bonchev–Trinajstić information content (AvgIpc) is 3.00. The minimum absolute atomic E-state index is 0.302. The lowest BCUT2D eigenvalue weighted by atomic mass is 10.0. The van der Waals surface area contributed by atoms with Gasteiger partial charge >= 0.3 is 0 Å². The second-order valence-corrected chi connectivity index (χ2v) is 7.62. The lowest BCUT2D eigenvalue weighted by Gasteiger charge is -2.25. The molecule has 0 amide bonds. The molecule has 3 rings (SSSR count). The number of halogens is 2. The Morgan fingerprint density at radius 3 is 2.65 bits per heavy atom. The van der Waals surface area contributed by atoms with E-state index in [1.807, 2.05) is 31.2 Å². The van der Waals surface area contributed by atoms with Crippen LogP contribution in [-0.4, -0.2) is 19.3 Å². The van der Waals surface area contributed by atoms with Gasteiger partial charge in [-0.3, -0.25) is 0 Å². The monoisotopic (exact) mass is 337 g/mol. The van der Waals surface area contributed by atoms with Crippen molar-refractivity contribution in [2.24, 2.45) is 0 Å². The Balaban J connectivity index is 2.03. The van der Waals surface area contributed by atoms with Crippen LogP contribution in [0.1, 0.15) is 30.0 Å². The van der Waals surface area contributed by atoms with E-state index in [0.717, 1.165) is 29.3 Å². The van der Waals surface area contributed by atoms with Gasteiger partial charge in [-0.1, -0.05) is 29.8 Å². The molecule has 2 aromatic rings. The quantitative estimate of drug-likeness (QED) is 0.854. The smallest absolute Gasteiger partial charge is 0.207 e. The SMILES string of the molecule is Cc1cccc([C@H]2CCCN2S(=O)(=O)c2cc(F)ccc2F)c1. The van der Waals surface area contributed by atoms with E-state index >= 15 is 0 Å². The minimum atomic E-state index is -4.08. The summed E-state index contributed by atoms with van der Waals surface area (Å²) in [6, 6.07) is 9.77. The fraction of sp³-hybridized carbons (Fsp3) is 0.294. The van der Waals surface area contributed by atoms with Crippen LogP contribution in [0.4, 0.5) is 8.78 Å². The third-order valence-corrected chi connectivity index (χ3v) is 6.03. The highest BCUT2D eigenvalue weighted by Gasteiger charge is 2.37. The Kier molecular flexibility index (Phi) is 4.21. The van der Waals surface area contributed by atoms with E-state index in [-0.39, 0.29) is 6.04 Å². The molecule has 122 valence electrons. The molecule has 0 aliphatic carbocycles. The molecule has 3 nitrogen and oxygen atoms in total. The highest BCUT2D eigenvalue weighted by molar-refractivity contribution is 7.89. The Bertz CT molecular complexity index is 836. The summed E-state index contributed by atoms with van der Waals surface area (Å²) in [7, 11) is -4.08. The first-order valence-electron chi connectivity index (χ1n) is 7.43. The molecule has 1 atom stereocenters. The molecule has 23 heavy (non-hydrogen) atoms. The van der Waals surface area contributed by atoms with Crippen LogP contribution >= 0.6 is 0 Å². The summed E-state index contributed by atoms with van der Waals surface area (Å²) in [5.74, 6) is -1.70. The van der Waals surface area contributed by atoms with Gasteiger partial charge in [0.1, 0.15) is 16.5 Å². The Morgan fingerprint density at radius 1 is 1.13 bits per heavy atom. The van der Waals surface area contributed by atoms with Crippen molar-refractivity contribution < 1.29 is 17.2 Å². The lowest BCUT2D eigenvalue weighted by molar-refractivity contribution is 0.393. The second-order valence-electron chi connectivity index (χ2n) is 5.76. The van der Waals surface area contributed by atoms with E-state index in [2.05, 4.69) is 0 Å². The predicted octanol–water partition coefficient (Wildman–Crippen LogP) is 3.80. The van der Waals surface area contributed by atoms with Gasteiger partial charge in [-0.05, 0) is 43.5 Å². The van der Waals surface area contributed by atoms with Crippen LogP contribution in [0.3, 0.4) is 0 Å². The summed E-state index contributed by atoms with van der Waals surface area (Å²) in [5.41, 5.74) is 1.91. The predicted molar refractivity (Wildman–Crippen MR) is 83.4 cm³/mol. The molecule has 1 saturated heterocycles. The van der Waals surface area contributed by atoms with E-state index in [9.17, 15) is 17.2 Å². The van der Waals surface area contributed by atoms with E-state index in [1.165, 1.54) is 4.31 Å². The summed E-state index contributed by atoms with van der Waals surface area (Å²) in [6.45, 7) is 2.24. The summed E-state index contributed by atoms with van der Waals surface area (Å²) < 4.78 is 54.2. The molecule has 0 N–H and O–H groups in total. The largest absolute Gasteiger partial charge is 0.246 e. The van der Waals surface area contributed by atoms with Crippen molar-refractivity contribution in [3.05, 3.63) is 65.2 Å². The average molecular weight is 337 g/mol. The van der Waals surface area contributed by atoms with Crippen LogP contribution in [0.15, 0.2) is 47.4 Å². The number of benzene rings is 2. The summed E-state index contributed by atoms with van der Waals surface area (Å²) in [5, 5.41) is 0. The molecule has 0 aromatic heterocycles. The third kappa shape index (κ3) is 3.01. The summed E-state index contributed by atoms with van der Waals surface area (Å²) >= 11 is 0.